The van der Waals surface area contributed by atoms with E-state index in [2.05, 4.69) is 13.0 Å². The first kappa shape index (κ1) is 12.5. The lowest BCUT2D eigenvalue weighted by Gasteiger charge is -2.48. The zero-order valence-electron chi connectivity index (χ0n) is 11.5. The van der Waals surface area contributed by atoms with Gasteiger partial charge in [-0.15, -0.1) is 0 Å². The molecular weight excluding hydrogens is 222 g/mol. The van der Waals surface area contributed by atoms with E-state index in [1.807, 2.05) is 0 Å². The maximum atomic E-state index is 11.2. The largest absolute Gasteiger partial charge is 0.388 e. The summed E-state index contributed by atoms with van der Waals surface area (Å²) in [5.74, 6) is 1.91. The predicted molar refractivity (Wildman–Crippen MR) is 70.7 cm³/mol. The zero-order valence-corrected chi connectivity index (χ0v) is 11.5. The minimum absolute atomic E-state index is 0.417. The van der Waals surface area contributed by atoms with Crippen molar-refractivity contribution in [3.05, 3.63) is 0 Å². The molecule has 0 amide bonds. The van der Waals surface area contributed by atoms with Crippen molar-refractivity contribution < 1.29 is 5.11 Å². The molecule has 0 aromatic rings. The van der Waals surface area contributed by atoms with Crippen LogP contribution in [0.25, 0.3) is 0 Å². The fourth-order valence-corrected chi connectivity index (χ4v) is 5.11. The Morgan fingerprint density at radius 1 is 1.22 bits per heavy atom. The van der Waals surface area contributed by atoms with Gasteiger partial charge in [0.25, 0.3) is 0 Å². The van der Waals surface area contributed by atoms with Crippen molar-refractivity contribution in [3.63, 3.8) is 0 Å². The quantitative estimate of drug-likeness (QED) is 0.809. The van der Waals surface area contributed by atoms with Crippen molar-refractivity contribution in [2.75, 3.05) is 0 Å². The zero-order chi connectivity index (χ0) is 12.8. The Morgan fingerprint density at radius 2 is 1.94 bits per heavy atom. The van der Waals surface area contributed by atoms with Gasteiger partial charge < -0.3 is 5.11 Å². The third-order valence-corrected chi connectivity index (χ3v) is 6.40. The molecule has 3 fully saturated rings. The summed E-state index contributed by atoms with van der Waals surface area (Å²) in [4.78, 5) is 0. The van der Waals surface area contributed by atoms with Crippen LogP contribution >= 0.6 is 0 Å². The van der Waals surface area contributed by atoms with Gasteiger partial charge in [-0.2, -0.15) is 5.26 Å². The van der Waals surface area contributed by atoms with Crippen molar-refractivity contribution >= 4 is 0 Å². The van der Waals surface area contributed by atoms with E-state index in [1.165, 1.54) is 19.3 Å². The summed E-state index contributed by atoms with van der Waals surface area (Å²) in [5, 5.41) is 20.9. The van der Waals surface area contributed by atoms with Gasteiger partial charge in [0.05, 0.1) is 17.1 Å². The molecule has 0 heterocycles. The number of rotatable bonds is 2. The number of nitriles is 1. The lowest BCUT2D eigenvalue weighted by atomic mass is 9.57. The molecule has 2 heteroatoms. The highest BCUT2D eigenvalue weighted by Gasteiger charge is 2.61. The smallest absolute Gasteiger partial charge is 0.0864 e. The van der Waals surface area contributed by atoms with Gasteiger partial charge in [0.2, 0.25) is 0 Å². The van der Waals surface area contributed by atoms with Gasteiger partial charge in [0.15, 0.2) is 0 Å². The molecule has 2 bridgehead atoms. The van der Waals surface area contributed by atoms with E-state index in [4.69, 9.17) is 0 Å². The summed E-state index contributed by atoms with van der Waals surface area (Å²) >= 11 is 0. The molecule has 18 heavy (non-hydrogen) atoms. The van der Waals surface area contributed by atoms with Crippen molar-refractivity contribution in [2.45, 2.75) is 70.3 Å². The van der Waals surface area contributed by atoms with Gasteiger partial charge in [0, 0.05) is 0 Å². The minimum Gasteiger partial charge on any atom is -0.388 e. The minimum atomic E-state index is -0.649. The maximum Gasteiger partial charge on any atom is 0.0864 e. The van der Waals surface area contributed by atoms with Crippen LogP contribution in [-0.2, 0) is 0 Å². The van der Waals surface area contributed by atoms with Crippen LogP contribution in [0.4, 0.5) is 0 Å². The Balaban J connectivity index is 1.83. The van der Waals surface area contributed by atoms with Crippen molar-refractivity contribution in [2.24, 2.45) is 23.2 Å². The molecule has 3 aliphatic rings. The highest BCUT2D eigenvalue weighted by molar-refractivity contribution is 5.19. The number of hydrogen-bond acceptors (Lipinski definition) is 2. The van der Waals surface area contributed by atoms with Gasteiger partial charge in [-0.1, -0.05) is 13.3 Å². The average molecular weight is 247 g/mol. The second-order valence-corrected chi connectivity index (χ2v) is 7.05. The normalized spacial score (nSPS) is 51.3. The standard InChI is InChI=1S/C16H25NO/c1-2-12-5-7-15(11-17,8-6-12)16(18)10-13-3-4-14(16)9-13/h12-14,18H,2-10H2,1H3. The Kier molecular flexibility index (Phi) is 2.94. The number of hydrogen-bond donors (Lipinski definition) is 1. The molecule has 1 N–H and O–H groups in total. The first-order valence-electron chi connectivity index (χ1n) is 7.77. The number of nitrogens with zero attached hydrogens (tertiary/aromatic N) is 1. The van der Waals surface area contributed by atoms with Crippen LogP contribution in [0.2, 0.25) is 0 Å². The van der Waals surface area contributed by atoms with E-state index in [9.17, 15) is 10.4 Å². The summed E-state index contributed by atoms with van der Waals surface area (Å²) in [7, 11) is 0. The molecule has 3 aliphatic carbocycles. The first-order chi connectivity index (χ1) is 8.63. The predicted octanol–water partition coefficient (Wildman–Crippen LogP) is 3.65. The molecule has 0 aromatic heterocycles. The molecule has 0 aliphatic heterocycles. The third-order valence-electron chi connectivity index (χ3n) is 6.40. The average Bonchev–Trinajstić information content (AvgIpc) is 2.99. The molecule has 3 unspecified atom stereocenters. The maximum absolute atomic E-state index is 11.2. The molecule has 3 rings (SSSR count). The number of fused-ring (bicyclic) bond motifs is 2. The van der Waals surface area contributed by atoms with Gasteiger partial charge in [-0.3, -0.25) is 0 Å². The monoisotopic (exact) mass is 247 g/mol. The fourth-order valence-electron chi connectivity index (χ4n) is 5.11. The summed E-state index contributed by atoms with van der Waals surface area (Å²) in [6.45, 7) is 2.25. The molecule has 3 atom stereocenters. The van der Waals surface area contributed by atoms with Crippen LogP contribution in [0, 0.1) is 34.5 Å². The van der Waals surface area contributed by atoms with Crippen LogP contribution in [0.15, 0.2) is 0 Å². The van der Waals surface area contributed by atoms with Crippen LogP contribution in [0.3, 0.4) is 0 Å². The van der Waals surface area contributed by atoms with Crippen molar-refractivity contribution in [3.8, 4) is 6.07 Å². The van der Waals surface area contributed by atoms with Crippen molar-refractivity contribution in [1.29, 1.82) is 5.26 Å². The lowest BCUT2D eigenvalue weighted by Crippen LogP contribution is -2.52. The molecule has 100 valence electrons. The summed E-state index contributed by atoms with van der Waals surface area (Å²) < 4.78 is 0. The molecule has 3 saturated carbocycles. The Morgan fingerprint density at radius 3 is 2.39 bits per heavy atom. The van der Waals surface area contributed by atoms with E-state index in [0.29, 0.717) is 11.8 Å². The molecule has 0 aromatic carbocycles. The van der Waals surface area contributed by atoms with E-state index < -0.39 is 11.0 Å². The van der Waals surface area contributed by atoms with Crippen LogP contribution in [0.1, 0.15) is 64.7 Å². The molecule has 0 saturated heterocycles. The fraction of sp³-hybridized carbons (Fsp3) is 0.938. The van der Waals surface area contributed by atoms with E-state index in [1.54, 1.807) is 0 Å². The highest BCUT2D eigenvalue weighted by Crippen LogP contribution is 2.61. The van der Waals surface area contributed by atoms with E-state index in [-0.39, 0.29) is 0 Å². The highest BCUT2D eigenvalue weighted by atomic mass is 16.3. The third kappa shape index (κ3) is 1.56. The second kappa shape index (κ2) is 4.23. The summed E-state index contributed by atoms with van der Waals surface area (Å²) in [5.41, 5.74) is -1.07. The van der Waals surface area contributed by atoms with Crippen LogP contribution < -0.4 is 0 Å². The van der Waals surface area contributed by atoms with Crippen LogP contribution in [0.5, 0.6) is 0 Å². The second-order valence-electron chi connectivity index (χ2n) is 7.05. The Bertz CT molecular complexity index is 364. The Labute approximate surface area is 110 Å². The van der Waals surface area contributed by atoms with Gasteiger partial charge >= 0.3 is 0 Å². The van der Waals surface area contributed by atoms with Crippen LogP contribution in [-0.4, -0.2) is 10.7 Å². The van der Waals surface area contributed by atoms with E-state index in [0.717, 1.165) is 44.4 Å². The lowest BCUT2D eigenvalue weighted by molar-refractivity contribution is -0.115. The molecular formula is C16H25NO. The van der Waals surface area contributed by atoms with Gasteiger partial charge in [-0.05, 0) is 69.1 Å². The summed E-state index contributed by atoms with van der Waals surface area (Å²) in [6.07, 6.45) is 9.90. The number of aliphatic hydroxyl groups is 1. The van der Waals surface area contributed by atoms with E-state index >= 15 is 0 Å². The summed E-state index contributed by atoms with van der Waals surface area (Å²) in [6, 6.07) is 2.58. The van der Waals surface area contributed by atoms with Gasteiger partial charge in [0.1, 0.15) is 0 Å². The molecule has 0 radical (unpaired) electrons. The van der Waals surface area contributed by atoms with Gasteiger partial charge in [-0.25, -0.2) is 0 Å². The molecule has 2 nitrogen and oxygen atoms in total. The topological polar surface area (TPSA) is 44.0 Å². The SMILES string of the molecule is CCC1CCC(C#N)(C2(O)CC3CCC2C3)CC1. The first-order valence-corrected chi connectivity index (χ1v) is 7.77. The molecule has 0 spiro atoms. The Hall–Kier alpha value is -0.550. The van der Waals surface area contributed by atoms with Crippen molar-refractivity contribution in [1.82, 2.24) is 0 Å².